The summed E-state index contributed by atoms with van der Waals surface area (Å²) >= 11 is 0. The molecular weight excluding hydrogens is 302 g/mol. The highest BCUT2D eigenvalue weighted by atomic mass is 16.2. The van der Waals surface area contributed by atoms with Crippen molar-refractivity contribution in [2.45, 2.75) is 38.6 Å². The van der Waals surface area contributed by atoms with Gasteiger partial charge in [-0.1, -0.05) is 26.0 Å². The van der Waals surface area contributed by atoms with Gasteiger partial charge in [-0.3, -0.25) is 9.89 Å². The molecule has 0 bridgehead atoms. The molecule has 1 aromatic carbocycles. The van der Waals surface area contributed by atoms with Crippen molar-refractivity contribution in [3.8, 4) is 0 Å². The lowest BCUT2D eigenvalue weighted by atomic mass is 10.1. The van der Waals surface area contributed by atoms with Gasteiger partial charge in [0, 0.05) is 12.2 Å². The third-order valence-corrected chi connectivity index (χ3v) is 4.68. The van der Waals surface area contributed by atoms with Gasteiger partial charge in [-0.05, 0) is 37.0 Å². The van der Waals surface area contributed by atoms with Gasteiger partial charge in [-0.2, -0.15) is 5.10 Å². The van der Waals surface area contributed by atoms with E-state index in [1.54, 1.807) is 0 Å². The number of likely N-dealkylation sites (tertiary alicyclic amines) is 1. The summed E-state index contributed by atoms with van der Waals surface area (Å²) in [5, 5.41) is 7.17. The molecule has 0 radical (unpaired) electrons. The van der Waals surface area contributed by atoms with E-state index in [-0.39, 0.29) is 11.9 Å². The molecule has 6 nitrogen and oxygen atoms in total. The standard InChI is InChI=1S/C18H21N5O/c1-11(2)14-10-15(22-21-14)18(24)23-9-5-8-16(23)17-19-12-6-3-4-7-13(12)20-17/h3-4,6-7,10-11,16H,5,8-9H2,1-2H3,(H,19,20)(H,21,22)/t16-/m0/s1. The van der Waals surface area contributed by atoms with E-state index < -0.39 is 0 Å². The van der Waals surface area contributed by atoms with Crippen molar-refractivity contribution in [1.29, 1.82) is 0 Å². The molecule has 1 fully saturated rings. The van der Waals surface area contributed by atoms with E-state index in [0.29, 0.717) is 11.6 Å². The average molecular weight is 323 g/mol. The number of hydrogen-bond donors (Lipinski definition) is 2. The molecule has 1 amide bonds. The summed E-state index contributed by atoms with van der Waals surface area (Å²) in [6, 6.07) is 9.81. The zero-order chi connectivity index (χ0) is 16.7. The molecule has 0 spiro atoms. The van der Waals surface area contributed by atoms with Crippen LogP contribution in [0.3, 0.4) is 0 Å². The lowest BCUT2D eigenvalue weighted by molar-refractivity contribution is 0.0724. The Morgan fingerprint density at radius 3 is 2.92 bits per heavy atom. The van der Waals surface area contributed by atoms with Gasteiger partial charge in [0.05, 0.1) is 17.1 Å². The molecule has 1 saturated heterocycles. The summed E-state index contributed by atoms with van der Waals surface area (Å²) in [6.45, 7) is 4.90. The first-order valence-electron chi connectivity index (χ1n) is 8.44. The molecule has 124 valence electrons. The Kier molecular flexibility index (Phi) is 3.59. The SMILES string of the molecule is CC(C)c1cc(C(=O)N2CCC[C@H]2c2nc3ccccc3[nH]2)n[nH]1. The fraction of sp³-hybridized carbons (Fsp3) is 0.389. The molecule has 2 aromatic heterocycles. The first-order valence-corrected chi connectivity index (χ1v) is 8.44. The van der Waals surface area contributed by atoms with E-state index in [2.05, 4.69) is 34.0 Å². The number of H-pyrrole nitrogens is 2. The van der Waals surface area contributed by atoms with Crippen LogP contribution >= 0.6 is 0 Å². The van der Waals surface area contributed by atoms with Gasteiger partial charge in [-0.15, -0.1) is 0 Å². The zero-order valence-corrected chi connectivity index (χ0v) is 13.9. The van der Waals surface area contributed by atoms with Crippen molar-refractivity contribution >= 4 is 16.9 Å². The van der Waals surface area contributed by atoms with Gasteiger partial charge < -0.3 is 9.88 Å². The second kappa shape index (κ2) is 5.78. The van der Waals surface area contributed by atoms with E-state index >= 15 is 0 Å². The molecule has 6 heteroatoms. The minimum Gasteiger partial charge on any atom is -0.340 e. The normalized spacial score (nSPS) is 18.0. The fourth-order valence-corrected chi connectivity index (χ4v) is 3.31. The van der Waals surface area contributed by atoms with Gasteiger partial charge in [-0.25, -0.2) is 4.98 Å². The minimum atomic E-state index is -0.0268. The van der Waals surface area contributed by atoms with Gasteiger partial charge in [0.25, 0.3) is 5.91 Å². The van der Waals surface area contributed by atoms with Crippen LogP contribution in [0, 0.1) is 0 Å². The van der Waals surface area contributed by atoms with Crippen LogP contribution < -0.4 is 0 Å². The van der Waals surface area contributed by atoms with Crippen molar-refractivity contribution in [2.24, 2.45) is 0 Å². The third-order valence-electron chi connectivity index (χ3n) is 4.68. The molecule has 0 unspecified atom stereocenters. The van der Waals surface area contributed by atoms with Gasteiger partial charge in [0.1, 0.15) is 11.5 Å². The maximum absolute atomic E-state index is 12.9. The smallest absolute Gasteiger partial charge is 0.274 e. The van der Waals surface area contributed by atoms with E-state index in [0.717, 1.165) is 41.9 Å². The van der Waals surface area contributed by atoms with Gasteiger partial charge in [0.15, 0.2) is 0 Å². The number of carbonyl (C=O) groups is 1. The van der Waals surface area contributed by atoms with Crippen LogP contribution in [-0.2, 0) is 0 Å². The summed E-state index contributed by atoms with van der Waals surface area (Å²) in [6.07, 6.45) is 1.90. The van der Waals surface area contributed by atoms with Crippen molar-refractivity contribution in [1.82, 2.24) is 25.1 Å². The lowest BCUT2D eigenvalue weighted by Gasteiger charge is -2.22. The largest absolute Gasteiger partial charge is 0.340 e. The Morgan fingerprint density at radius 2 is 2.17 bits per heavy atom. The highest BCUT2D eigenvalue weighted by molar-refractivity contribution is 5.93. The van der Waals surface area contributed by atoms with Crippen molar-refractivity contribution in [3.63, 3.8) is 0 Å². The summed E-state index contributed by atoms with van der Waals surface area (Å²) < 4.78 is 0. The number of benzene rings is 1. The predicted molar refractivity (Wildman–Crippen MR) is 91.8 cm³/mol. The Labute approximate surface area is 140 Å². The number of aromatic nitrogens is 4. The second-order valence-corrected chi connectivity index (χ2v) is 6.66. The number of fused-ring (bicyclic) bond motifs is 1. The lowest BCUT2D eigenvalue weighted by Crippen LogP contribution is -2.31. The Morgan fingerprint density at radius 1 is 1.33 bits per heavy atom. The van der Waals surface area contributed by atoms with Crippen LogP contribution in [0.2, 0.25) is 0 Å². The number of amides is 1. The molecule has 0 saturated carbocycles. The molecule has 24 heavy (non-hydrogen) atoms. The van der Waals surface area contributed by atoms with Crippen LogP contribution in [0.15, 0.2) is 30.3 Å². The van der Waals surface area contributed by atoms with E-state index in [9.17, 15) is 4.79 Å². The summed E-state index contributed by atoms with van der Waals surface area (Å²) in [5.41, 5.74) is 3.42. The highest BCUT2D eigenvalue weighted by Gasteiger charge is 2.33. The minimum absolute atomic E-state index is 0.0101. The number of hydrogen-bond acceptors (Lipinski definition) is 3. The predicted octanol–water partition coefficient (Wildman–Crippen LogP) is 3.39. The third kappa shape index (κ3) is 2.48. The Bertz CT molecular complexity index is 845. The molecule has 4 rings (SSSR count). The molecule has 1 aliphatic rings. The van der Waals surface area contributed by atoms with Crippen LogP contribution in [0.1, 0.15) is 60.7 Å². The maximum Gasteiger partial charge on any atom is 0.274 e. The van der Waals surface area contributed by atoms with Crippen LogP contribution in [0.4, 0.5) is 0 Å². The monoisotopic (exact) mass is 323 g/mol. The number of nitrogens with one attached hydrogen (secondary N) is 2. The first-order chi connectivity index (χ1) is 11.6. The number of rotatable bonds is 3. The van der Waals surface area contributed by atoms with E-state index in [4.69, 9.17) is 0 Å². The quantitative estimate of drug-likeness (QED) is 0.775. The van der Waals surface area contributed by atoms with Crippen molar-refractivity contribution < 1.29 is 4.79 Å². The van der Waals surface area contributed by atoms with E-state index in [1.165, 1.54) is 0 Å². The zero-order valence-electron chi connectivity index (χ0n) is 13.9. The topological polar surface area (TPSA) is 77.7 Å². The maximum atomic E-state index is 12.9. The van der Waals surface area contributed by atoms with Crippen LogP contribution in [-0.4, -0.2) is 37.5 Å². The van der Waals surface area contributed by atoms with Gasteiger partial charge in [0.2, 0.25) is 0 Å². The average Bonchev–Trinajstić information content (AvgIpc) is 3.30. The second-order valence-electron chi connectivity index (χ2n) is 6.66. The molecule has 0 aliphatic carbocycles. The summed E-state index contributed by atoms with van der Waals surface area (Å²) in [7, 11) is 0. The molecule has 3 aromatic rings. The molecule has 2 N–H and O–H groups in total. The van der Waals surface area contributed by atoms with Crippen molar-refractivity contribution in [3.05, 3.63) is 47.5 Å². The van der Waals surface area contributed by atoms with Crippen LogP contribution in [0.5, 0.6) is 0 Å². The Hall–Kier alpha value is -2.63. The van der Waals surface area contributed by atoms with Crippen LogP contribution in [0.25, 0.3) is 11.0 Å². The summed E-state index contributed by atoms with van der Waals surface area (Å²) in [4.78, 5) is 22.8. The fourth-order valence-electron chi connectivity index (χ4n) is 3.31. The molecule has 1 atom stereocenters. The summed E-state index contributed by atoms with van der Waals surface area (Å²) in [5.74, 6) is 1.16. The number of aromatic amines is 2. The first kappa shape index (κ1) is 14.9. The molecular formula is C18H21N5O. The Balaban J connectivity index is 1.62. The molecule has 1 aliphatic heterocycles. The van der Waals surface area contributed by atoms with Gasteiger partial charge >= 0.3 is 0 Å². The molecule has 3 heterocycles. The number of imidazole rings is 1. The highest BCUT2D eigenvalue weighted by Crippen LogP contribution is 2.32. The number of nitrogens with zero attached hydrogens (tertiary/aromatic N) is 3. The van der Waals surface area contributed by atoms with E-state index in [1.807, 2.05) is 35.2 Å². The number of para-hydroxylation sites is 2. The number of carbonyl (C=O) groups excluding carboxylic acids is 1. The van der Waals surface area contributed by atoms with Crippen molar-refractivity contribution in [2.75, 3.05) is 6.54 Å².